The van der Waals surface area contributed by atoms with E-state index in [9.17, 15) is 4.79 Å². The van der Waals surface area contributed by atoms with E-state index in [2.05, 4.69) is 41.6 Å². The summed E-state index contributed by atoms with van der Waals surface area (Å²) in [6.07, 6.45) is 1.01. The molecule has 0 unspecified atom stereocenters. The normalized spacial score (nSPS) is 10.4. The van der Waals surface area contributed by atoms with Crippen LogP contribution in [0.25, 0.3) is 0 Å². The van der Waals surface area contributed by atoms with Crippen LogP contribution in [0.3, 0.4) is 0 Å². The summed E-state index contributed by atoms with van der Waals surface area (Å²) < 4.78 is 11.8. The monoisotopic (exact) mass is 522 g/mol. The summed E-state index contributed by atoms with van der Waals surface area (Å²) in [6, 6.07) is 11.8. The summed E-state index contributed by atoms with van der Waals surface area (Å²) in [4.78, 5) is 11.2. The minimum Gasteiger partial charge on any atom is -0.488 e. The van der Waals surface area contributed by atoms with E-state index >= 15 is 0 Å². The van der Waals surface area contributed by atoms with E-state index in [0.29, 0.717) is 12.4 Å². The zero-order valence-electron chi connectivity index (χ0n) is 12.4. The molecule has 0 amide bonds. The Morgan fingerprint density at radius 1 is 1.18 bits per heavy atom. The Morgan fingerprint density at radius 3 is 2.59 bits per heavy atom. The second-order valence-corrected chi connectivity index (χ2v) is 6.84. The van der Waals surface area contributed by atoms with Gasteiger partial charge in [-0.2, -0.15) is 0 Å². The van der Waals surface area contributed by atoms with Gasteiger partial charge in [0.05, 0.1) is 22.6 Å². The number of carbonyl (C=O) groups is 1. The van der Waals surface area contributed by atoms with Gasteiger partial charge in [-0.1, -0.05) is 25.1 Å². The number of benzene rings is 2. The van der Waals surface area contributed by atoms with Crippen LogP contribution in [0.2, 0.25) is 0 Å². The predicted molar refractivity (Wildman–Crippen MR) is 104 cm³/mol. The van der Waals surface area contributed by atoms with Gasteiger partial charge in [0.2, 0.25) is 0 Å². The summed E-state index contributed by atoms with van der Waals surface area (Å²) in [6.45, 7) is 4.53. The molecule has 5 heteroatoms. The zero-order valence-corrected chi connectivity index (χ0v) is 16.7. The largest absolute Gasteiger partial charge is 0.488 e. The lowest BCUT2D eigenvalue weighted by Crippen LogP contribution is -2.05. The predicted octanol–water partition coefficient (Wildman–Crippen LogP) is 5.67. The van der Waals surface area contributed by atoms with E-state index < -0.39 is 0 Å². The van der Waals surface area contributed by atoms with E-state index in [0.717, 1.165) is 26.9 Å². The van der Waals surface area contributed by atoms with Crippen LogP contribution in [0.5, 0.6) is 11.5 Å². The molecule has 0 aliphatic rings. The number of carbonyl (C=O) groups excluding carboxylic acids is 1. The van der Waals surface area contributed by atoms with Crippen molar-refractivity contribution in [2.45, 2.75) is 26.9 Å². The molecule has 0 spiro atoms. The molecule has 0 saturated heterocycles. The van der Waals surface area contributed by atoms with Crippen molar-refractivity contribution in [3.8, 4) is 11.5 Å². The van der Waals surface area contributed by atoms with Gasteiger partial charge in [0.15, 0.2) is 0 Å². The van der Waals surface area contributed by atoms with Gasteiger partial charge in [0.1, 0.15) is 18.1 Å². The summed E-state index contributed by atoms with van der Waals surface area (Å²) in [7, 11) is 0. The van der Waals surface area contributed by atoms with Crippen molar-refractivity contribution in [1.29, 1.82) is 0 Å². The fourth-order valence-electron chi connectivity index (χ4n) is 2.10. The molecule has 0 N–H and O–H groups in total. The van der Waals surface area contributed by atoms with Gasteiger partial charge >= 0.3 is 3.98 Å². The quantitative estimate of drug-likeness (QED) is 0.375. The SMILES string of the molecule is CCc1ccc(OCc2c(I)cccc2OC(=O)I)c(C)c1. The molecular weight excluding hydrogens is 506 g/mol. The molecule has 0 bridgehead atoms. The Balaban J connectivity index is 2.19. The molecule has 0 atom stereocenters. The van der Waals surface area contributed by atoms with Gasteiger partial charge in [-0.05, 0) is 65.3 Å². The number of ether oxygens (including phenoxy) is 2. The lowest BCUT2D eigenvalue weighted by atomic mass is 10.1. The lowest BCUT2D eigenvalue weighted by Gasteiger charge is -2.14. The number of hydrogen-bond donors (Lipinski definition) is 0. The molecular formula is C17H16I2O3. The Bertz CT molecular complexity index is 684. The minimum atomic E-state index is -0.357. The van der Waals surface area contributed by atoms with Crippen molar-refractivity contribution in [1.82, 2.24) is 0 Å². The first-order chi connectivity index (χ1) is 10.5. The smallest absolute Gasteiger partial charge is 0.372 e. The van der Waals surface area contributed by atoms with Crippen LogP contribution in [0, 0.1) is 10.5 Å². The van der Waals surface area contributed by atoms with Crippen molar-refractivity contribution in [3.63, 3.8) is 0 Å². The molecule has 3 nitrogen and oxygen atoms in total. The van der Waals surface area contributed by atoms with Crippen molar-refractivity contribution in [2.24, 2.45) is 0 Å². The highest BCUT2D eigenvalue weighted by molar-refractivity contribution is 14.1. The van der Waals surface area contributed by atoms with Gasteiger partial charge < -0.3 is 9.47 Å². The van der Waals surface area contributed by atoms with Gasteiger partial charge in [-0.25, -0.2) is 4.79 Å². The first-order valence-electron chi connectivity index (χ1n) is 6.88. The second-order valence-electron chi connectivity index (χ2n) is 4.80. The molecule has 0 saturated carbocycles. The molecule has 116 valence electrons. The van der Waals surface area contributed by atoms with Gasteiger partial charge in [-0.3, -0.25) is 0 Å². The van der Waals surface area contributed by atoms with E-state index in [1.807, 2.05) is 25.1 Å². The Kier molecular flexibility index (Phi) is 6.49. The van der Waals surface area contributed by atoms with Crippen LogP contribution in [0.4, 0.5) is 4.79 Å². The van der Waals surface area contributed by atoms with E-state index in [1.54, 1.807) is 28.7 Å². The molecule has 0 aromatic heterocycles. The highest BCUT2D eigenvalue weighted by atomic mass is 127. The van der Waals surface area contributed by atoms with Crippen LogP contribution < -0.4 is 9.47 Å². The molecule has 0 aliphatic carbocycles. The highest BCUT2D eigenvalue weighted by Gasteiger charge is 2.12. The minimum absolute atomic E-state index is 0.357. The van der Waals surface area contributed by atoms with Crippen molar-refractivity contribution < 1.29 is 14.3 Å². The van der Waals surface area contributed by atoms with Gasteiger partial charge in [0.25, 0.3) is 0 Å². The molecule has 0 fully saturated rings. The Labute approximate surface area is 157 Å². The highest BCUT2D eigenvalue weighted by Crippen LogP contribution is 2.28. The number of aryl methyl sites for hydroxylation is 2. The van der Waals surface area contributed by atoms with Crippen molar-refractivity contribution >= 4 is 49.2 Å². The molecule has 0 radical (unpaired) electrons. The fraction of sp³-hybridized carbons (Fsp3) is 0.235. The molecule has 2 aromatic carbocycles. The van der Waals surface area contributed by atoms with Crippen LogP contribution in [-0.2, 0) is 13.0 Å². The zero-order chi connectivity index (χ0) is 16.1. The third kappa shape index (κ3) is 4.58. The Morgan fingerprint density at radius 2 is 1.95 bits per heavy atom. The molecule has 0 heterocycles. The van der Waals surface area contributed by atoms with E-state index in [1.165, 1.54) is 5.56 Å². The van der Waals surface area contributed by atoms with Crippen LogP contribution in [0.1, 0.15) is 23.6 Å². The first kappa shape index (κ1) is 17.5. The average molecular weight is 522 g/mol. The summed E-state index contributed by atoms with van der Waals surface area (Å²) >= 11 is 3.84. The Hall–Kier alpha value is -0.830. The maximum atomic E-state index is 11.2. The van der Waals surface area contributed by atoms with Crippen LogP contribution in [-0.4, -0.2) is 3.98 Å². The first-order valence-corrected chi connectivity index (χ1v) is 9.04. The summed E-state index contributed by atoms with van der Waals surface area (Å²) in [5.41, 5.74) is 3.28. The maximum absolute atomic E-state index is 11.2. The standard InChI is InChI=1S/C17H16I2O3/c1-3-12-7-8-15(11(2)9-12)21-10-13-14(18)5-4-6-16(13)22-17(19)20/h4-9H,3,10H2,1-2H3. The maximum Gasteiger partial charge on any atom is 0.372 e. The molecule has 2 aromatic rings. The third-order valence-electron chi connectivity index (χ3n) is 3.29. The third-order valence-corrected chi connectivity index (χ3v) is 4.52. The van der Waals surface area contributed by atoms with Crippen LogP contribution in [0.15, 0.2) is 36.4 Å². The summed E-state index contributed by atoms with van der Waals surface area (Å²) in [5.74, 6) is 1.40. The second kappa shape index (κ2) is 8.14. The van der Waals surface area contributed by atoms with E-state index in [4.69, 9.17) is 9.47 Å². The van der Waals surface area contributed by atoms with Crippen LogP contribution >= 0.6 is 45.2 Å². The number of hydrogen-bond acceptors (Lipinski definition) is 3. The number of halogens is 2. The fourth-order valence-corrected chi connectivity index (χ4v) is 2.97. The lowest BCUT2D eigenvalue weighted by molar-refractivity contribution is 0.228. The van der Waals surface area contributed by atoms with E-state index in [-0.39, 0.29) is 3.98 Å². The van der Waals surface area contributed by atoms with Gasteiger partial charge in [-0.15, -0.1) is 0 Å². The molecule has 2 rings (SSSR count). The summed E-state index contributed by atoms with van der Waals surface area (Å²) in [5, 5.41) is 0. The van der Waals surface area contributed by atoms with Gasteiger partial charge in [0, 0.05) is 9.13 Å². The average Bonchev–Trinajstić information content (AvgIpc) is 2.47. The van der Waals surface area contributed by atoms with Crippen molar-refractivity contribution in [3.05, 3.63) is 56.7 Å². The van der Waals surface area contributed by atoms with Crippen molar-refractivity contribution in [2.75, 3.05) is 0 Å². The topological polar surface area (TPSA) is 35.5 Å². The molecule has 22 heavy (non-hydrogen) atoms. The molecule has 0 aliphatic heterocycles. The number of rotatable bonds is 5.